The first-order valence-electron chi connectivity index (χ1n) is 8.62. The lowest BCUT2D eigenvalue weighted by atomic mass is 9.87. The maximum absolute atomic E-state index is 12.8. The Morgan fingerprint density at radius 2 is 2.12 bits per heavy atom. The van der Waals surface area contributed by atoms with Crippen LogP contribution in [0.3, 0.4) is 0 Å². The Labute approximate surface area is 154 Å². The lowest BCUT2D eigenvalue weighted by Crippen LogP contribution is -2.45. The molecule has 4 heterocycles. The van der Waals surface area contributed by atoms with Gasteiger partial charge in [-0.1, -0.05) is 6.07 Å². The van der Waals surface area contributed by atoms with Gasteiger partial charge in [-0.2, -0.15) is 0 Å². The molecule has 0 saturated carbocycles. The van der Waals surface area contributed by atoms with Crippen LogP contribution in [0.5, 0.6) is 11.5 Å². The highest BCUT2D eigenvalue weighted by Crippen LogP contribution is 2.37. The molecule has 6 nitrogen and oxygen atoms in total. The Morgan fingerprint density at radius 1 is 1.23 bits per heavy atom. The van der Waals surface area contributed by atoms with Gasteiger partial charge in [-0.25, -0.2) is 0 Å². The minimum Gasteiger partial charge on any atom is -0.454 e. The van der Waals surface area contributed by atoms with E-state index in [0.29, 0.717) is 25.2 Å². The first kappa shape index (κ1) is 15.7. The molecule has 1 saturated heterocycles. The van der Waals surface area contributed by atoms with Crippen LogP contribution in [-0.4, -0.2) is 46.9 Å². The number of fused-ring (bicyclic) bond motifs is 2. The second-order valence-electron chi connectivity index (χ2n) is 6.71. The molecule has 1 fully saturated rings. The van der Waals surface area contributed by atoms with E-state index in [-0.39, 0.29) is 18.6 Å². The van der Waals surface area contributed by atoms with Crippen molar-refractivity contribution in [1.29, 1.82) is 0 Å². The number of likely N-dealkylation sites (tertiary alicyclic amines) is 1. The zero-order chi connectivity index (χ0) is 17.7. The zero-order valence-corrected chi connectivity index (χ0v) is 14.8. The van der Waals surface area contributed by atoms with E-state index in [9.17, 15) is 9.90 Å². The average molecular weight is 370 g/mol. The minimum absolute atomic E-state index is 0.0133. The zero-order valence-electron chi connectivity index (χ0n) is 14.0. The van der Waals surface area contributed by atoms with Crippen molar-refractivity contribution in [2.45, 2.75) is 18.4 Å². The van der Waals surface area contributed by atoms with Crippen molar-refractivity contribution < 1.29 is 19.4 Å². The third-order valence-corrected chi connectivity index (χ3v) is 6.03. The van der Waals surface area contributed by atoms with Gasteiger partial charge in [0.2, 0.25) is 6.79 Å². The first-order valence-corrected chi connectivity index (χ1v) is 9.50. The smallest absolute Gasteiger partial charge is 0.270 e. The maximum atomic E-state index is 12.8. The molecule has 26 heavy (non-hydrogen) atoms. The number of rotatable bonds is 2. The number of aromatic amines is 1. The van der Waals surface area contributed by atoms with E-state index >= 15 is 0 Å². The normalized spacial score (nSPS) is 22.1. The van der Waals surface area contributed by atoms with E-state index < -0.39 is 6.10 Å². The Bertz CT molecular complexity index is 950. The summed E-state index contributed by atoms with van der Waals surface area (Å²) in [5.74, 6) is 1.39. The number of β-amino-alcohol motifs (C(OH)–C–C–N with tert-alkyl or cyclic N) is 1. The molecule has 0 aliphatic carbocycles. The number of carbonyl (C=O) groups excluding carboxylic acids is 1. The van der Waals surface area contributed by atoms with E-state index in [1.54, 1.807) is 16.2 Å². The quantitative estimate of drug-likeness (QED) is 0.727. The van der Waals surface area contributed by atoms with Crippen molar-refractivity contribution >= 4 is 27.5 Å². The number of nitrogens with one attached hydrogen (secondary N) is 1. The number of aromatic nitrogens is 1. The highest BCUT2D eigenvalue weighted by molar-refractivity contribution is 7.17. The molecule has 134 valence electrons. The van der Waals surface area contributed by atoms with Crippen molar-refractivity contribution in [3.05, 3.63) is 47.0 Å². The predicted molar refractivity (Wildman–Crippen MR) is 98.0 cm³/mol. The van der Waals surface area contributed by atoms with Crippen LogP contribution < -0.4 is 9.47 Å². The highest BCUT2D eigenvalue weighted by atomic mass is 32.1. The number of aliphatic hydroxyl groups is 1. The Balaban J connectivity index is 1.32. The number of piperidine rings is 1. The minimum atomic E-state index is -0.607. The van der Waals surface area contributed by atoms with Crippen LogP contribution in [0.2, 0.25) is 0 Å². The average Bonchev–Trinajstić information content (AvgIpc) is 3.35. The molecule has 0 unspecified atom stereocenters. The van der Waals surface area contributed by atoms with Gasteiger partial charge >= 0.3 is 0 Å². The van der Waals surface area contributed by atoms with Gasteiger partial charge in [-0.3, -0.25) is 4.79 Å². The maximum Gasteiger partial charge on any atom is 0.270 e. The van der Waals surface area contributed by atoms with Crippen LogP contribution in [-0.2, 0) is 0 Å². The van der Waals surface area contributed by atoms with Crippen molar-refractivity contribution in [3.63, 3.8) is 0 Å². The standard InChI is InChI=1S/C19H18N2O4S/c22-15-9-21(19(23)14-8-18-13(20-14)4-6-26-18)5-3-12(15)11-1-2-16-17(7-11)25-10-24-16/h1-2,4,6-8,12,15,20,22H,3,5,9-10H2/t12-,15+/m0/s1. The van der Waals surface area contributed by atoms with Gasteiger partial charge in [-0.15, -0.1) is 11.3 Å². The lowest BCUT2D eigenvalue weighted by Gasteiger charge is -2.36. The molecule has 2 aliphatic heterocycles. The number of thiophene rings is 1. The molecule has 5 rings (SSSR count). The summed E-state index contributed by atoms with van der Waals surface area (Å²) < 4.78 is 11.8. The van der Waals surface area contributed by atoms with E-state index in [2.05, 4.69) is 4.98 Å². The Morgan fingerprint density at radius 3 is 2.96 bits per heavy atom. The van der Waals surface area contributed by atoms with Crippen LogP contribution >= 0.6 is 11.3 Å². The number of carbonyl (C=O) groups is 1. The van der Waals surface area contributed by atoms with Crippen LogP contribution in [0.15, 0.2) is 35.7 Å². The second-order valence-corrected chi connectivity index (χ2v) is 7.66. The fourth-order valence-corrected chi connectivity index (χ4v) is 4.57. The summed E-state index contributed by atoms with van der Waals surface area (Å²) in [6.07, 6.45) is 0.103. The third-order valence-electron chi connectivity index (χ3n) is 5.16. The van der Waals surface area contributed by atoms with E-state index in [0.717, 1.165) is 27.3 Å². The van der Waals surface area contributed by atoms with E-state index in [1.807, 2.05) is 35.7 Å². The summed E-state index contributed by atoms with van der Waals surface area (Å²) in [4.78, 5) is 17.7. The largest absolute Gasteiger partial charge is 0.454 e. The second kappa shape index (κ2) is 6.03. The Kier molecular flexibility index (Phi) is 3.65. The molecule has 7 heteroatoms. The van der Waals surface area contributed by atoms with E-state index in [1.165, 1.54) is 0 Å². The summed E-state index contributed by atoms with van der Waals surface area (Å²) in [5, 5.41) is 12.7. The molecule has 0 radical (unpaired) electrons. The summed E-state index contributed by atoms with van der Waals surface area (Å²) in [7, 11) is 0. The van der Waals surface area contributed by atoms with Crippen molar-refractivity contribution in [3.8, 4) is 11.5 Å². The molecular weight excluding hydrogens is 352 g/mol. The van der Waals surface area contributed by atoms with Gasteiger partial charge in [0.05, 0.1) is 16.3 Å². The van der Waals surface area contributed by atoms with Gasteiger partial charge in [0.25, 0.3) is 5.91 Å². The number of hydrogen-bond donors (Lipinski definition) is 2. The van der Waals surface area contributed by atoms with Gasteiger partial charge < -0.3 is 24.5 Å². The summed E-state index contributed by atoms with van der Waals surface area (Å²) in [6.45, 7) is 1.17. The molecule has 2 aromatic heterocycles. The summed E-state index contributed by atoms with van der Waals surface area (Å²) in [6, 6.07) is 9.65. The molecule has 2 aliphatic rings. The number of amides is 1. The molecule has 2 N–H and O–H groups in total. The summed E-state index contributed by atoms with van der Waals surface area (Å²) >= 11 is 1.61. The molecule has 1 aromatic carbocycles. The third kappa shape index (κ3) is 2.55. The van der Waals surface area contributed by atoms with Crippen molar-refractivity contribution in [2.24, 2.45) is 0 Å². The van der Waals surface area contributed by atoms with Gasteiger partial charge in [-0.05, 0) is 41.6 Å². The number of aliphatic hydroxyl groups excluding tert-OH is 1. The monoisotopic (exact) mass is 370 g/mol. The fraction of sp³-hybridized carbons (Fsp3) is 0.316. The molecule has 2 atom stereocenters. The molecule has 0 bridgehead atoms. The van der Waals surface area contributed by atoms with Crippen LogP contribution in [0.25, 0.3) is 10.2 Å². The van der Waals surface area contributed by atoms with Crippen molar-refractivity contribution in [2.75, 3.05) is 19.9 Å². The number of ether oxygens (including phenoxy) is 2. The highest BCUT2D eigenvalue weighted by Gasteiger charge is 2.33. The van der Waals surface area contributed by atoms with Crippen LogP contribution in [0, 0.1) is 0 Å². The van der Waals surface area contributed by atoms with Gasteiger partial charge in [0, 0.05) is 19.0 Å². The number of nitrogens with zero attached hydrogens (tertiary/aromatic N) is 1. The topological polar surface area (TPSA) is 74.8 Å². The number of H-pyrrole nitrogens is 1. The SMILES string of the molecule is O=C(c1cc2sccc2[nH]1)N1CC[C@@H](c2ccc3c(c2)OCO3)[C@H](O)C1. The Hall–Kier alpha value is -2.51. The van der Waals surface area contributed by atoms with E-state index in [4.69, 9.17) is 9.47 Å². The number of hydrogen-bond acceptors (Lipinski definition) is 5. The summed E-state index contributed by atoms with van der Waals surface area (Å²) in [5.41, 5.74) is 2.59. The molecule has 0 spiro atoms. The van der Waals surface area contributed by atoms with Crippen molar-refractivity contribution in [1.82, 2.24) is 9.88 Å². The van der Waals surface area contributed by atoms with Gasteiger partial charge in [0.15, 0.2) is 11.5 Å². The molecule has 3 aromatic rings. The van der Waals surface area contributed by atoms with Crippen LogP contribution in [0.4, 0.5) is 0 Å². The lowest BCUT2D eigenvalue weighted by molar-refractivity contribution is 0.0378. The molecular formula is C19H18N2O4S. The van der Waals surface area contributed by atoms with Crippen LogP contribution in [0.1, 0.15) is 28.4 Å². The molecule has 1 amide bonds. The van der Waals surface area contributed by atoms with Gasteiger partial charge in [0.1, 0.15) is 5.69 Å². The predicted octanol–water partition coefficient (Wildman–Crippen LogP) is 2.95. The number of benzene rings is 1. The first-order chi connectivity index (χ1) is 12.7. The fourth-order valence-electron chi connectivity index (χ4n) is 3.78.